The topological polar surface area (TPSA) is 82.1 Å². The van der Waals surface area contributed by atoms with Gasteiger partial charge in [-0.3, -0.25) is 9.79 Å². The Morgan fingerprint density at radius 3 is 2.35 bits per heavy atom. The first kappa shape index (κ1) is 20.4. The third-order valence-electron chi connectivity index (χ3n) is 5.89. The maximum absolute atomic E-state index is 12.9. The Kier molecular flexibility index (Phi) is 5.39. The van der Waals surface area contributed by atoms with Crippen molar-refractivity contribution in [2.45, 2.75) is 11.3 Å². The standard InChI is InChI=1S/C22H24N4O3S2/c27-21(26-12-10-25(11-13-26)18-4-2-1-3-5-18)16-6-8-17(9-7-16)23-22-24-19-14-31(28,29)15-20(19)30-22/h1-9,19-20H,10-15H2,(H,23,24)/t19-,20+/m0/s1. The minimum Gasteiger partial charge on any atom is -0.368 e. The normalized spacial score (nSPS) is 24.6. The van der Waals surface area contributed by atoms with Crippen molar-refractivity contribution in [2.24, 2.45) is 4.99 Å². The van der Waals surface area contributed by atoms with Crippen LogP contribution in [0.5, 0.6) is 0 Å². The van der Waals surface area contributed by atoms with Gasteiger partial charge >= 0.3 is 0 Å². The summed E-state index contributed by atoms with van der Waals surface area (Å²) < 4.78 is 23.4. The van der Waals surface area contributed by atoms with E-state index in [9.17, 15) is 13.2 Å². The van der Waals surface area contributed by atoms with Crippen molar-refractivity contribution in [3.63, 3.8) is 0 Å². The Morgan fingerprint density at radius 2 is 1.68 bits per heavy atom. The summed E-state index contributed by atoms with van der Waals surface area (Å²) in [5, 5.41) is 4.02. The molecule has 2 aromatic rings. The fourth-order valence-electron chi connectivity index (χ4n) is 4.22. The number of thioether (sulfide) groups is 1. The maximum Gasteiger partial charge on any atom is 0.253 e. The van der Waals surface area contributed by atoms with E-state index in [1.807, 2.05) is 47.4 Å². The van der Waals surface area contributed by atoms with Gasteiger partial charge in [-0.2, -0.15) is 0 Å². The Bertz CT molecular complexity index is 1100. The van der Waals surface area contributed by atoms with Crippen molar-refractivity contribution in [3.05, 3.63) is 60.2 Å². The molecule has 1 amide bonds. The van der Waals surface area contributed by atoms with E-state index >= 15 is 0 Å². The highest BCUT2D eigenvalue weighted by atomic mass is 32.2. The number of nitrogens with zero attached hydrogens (tertiary/aromatic N) is 3. The Balaban J connectivity index is 1.17. The second kappa shape index (κ2) is 8.20. The molecule has 2 saturated heterocycles. The Labute approximate surface area is 186 Å². The molecule has 9 heteroatoms. The number of sulfone groups is 1. The Hall–Kier alpha value is -2.52. The van der Waals surface area contributed by atoms with E-state index in [1.54, 1.807) is 0 Å². The minimum absolute atomic E-state index is 0.0166. The van der Waals surface area contributed by atoms with Crippen LogP contribution in [-0.2, 0) is 9.84 Å². The van der Waals surface area contributed by atoms with Crippen LogP contribution in [0.15, 0.2) is 59.6 Å². The van der Waals surface area contributed by atoms with Crippen LogP contribution in [0.4, 0.5) is 11.4 Å². The van der Waals surface area contributed by atoms with Crippen LogP contribution >= 0.6 is 11.8 Å². The first-order valence-corrected chi connectivity index (χ1v) is 13.1. The zero-order chi connectivity index (χ0) is 21.4. The monoisotopic (exact) mass is 456 g/mol. The predicted octanol–water partition coefficient (Wildman–Crippen LogP) is 2.33. The minimum atomic E-state index is -2.95. The molecule has 0 unspecified atom stereocenters. The van der Waals surface area contributed by atoms with E-state index < -0.39 is 9.84 Å². The number of rotatable bonds is 3. The van der Waals surface area contributed by atoms with Crippen molar-refractivity contribution in [2.75, 3.05) is 47.9 Å². The first-order chi connectivity index (χ1) is 15.0. The third kappa shape index (κ3) is 4.43. The van der Waals surface area contributed by atoms with Gasteiger partial charge in [0.1, 0.15) is 0 Å². The summed E-state index contributed by atoms with van der Waals surface area (Å²) in [5.41, 5.74) is 2.71. The fourth-order valence-corrected chi connectivity index (χ4v) is 7.90. The lowest BCUT2D eigenvalue weighted by molar-refractivity contribution is 0.0747. The van der Waals surface area contributed by atoms with Crippen molar-refractivity contribution >= 4 is 44.0 Å². The molecule has 0 bridgehead atoms. The number of para-hydroxylation sites is 1. The van der Waals surface area contributed by atoms with Crippen molar-refractivity contribution < 1.29 is 13.2 Å². The second-order valence-electron chi connectivity index (χ2n) is 8.05. The van der Waals surface area contributed by atoms with Gasteiger partial charge in [-0.25, -0.2) is 8.42 Å². The molecule has 0 spiro atoms. The van der Waals surface area contributed by atoms with E-state index in [-0.39, 0.29) is 28.7 Å². The van der Waals surface area contributed by atoms with Crippen molar-refractivity contribution in [1.29, 1.82) is 0 Å². The van der Waals surface area contributed by atoms with Crippen LogP contribution in [-0.4, -0.2) is 73.4 Å². The highest BCUT2D eigenvalue weighted by Crippen LogP contribution is 2.34. The van der Waals surface area contributed by atoms with Gasteiger partial charge in [-0.05, 0) is 36.4 Å². The molecule has 0 aromatic heterocycles. The molecule has 1 N–H and O–H groups in total. The molecule has 0 saturated carbocycles. The van der Waals surface area contributed by atoms with E-state index in [0.29, 0.717) is 18.7 Å². The van der Waals surface area contributed by atoms with Gasteiger partial charge in [0.05, 0.1) is 17.5 Å². The van der Waals surface area contributed by atoms with Gasteiger partial charge in [0.2, 0.25) is 0 Å². The number of piperazine rings is 1. The smallest absolute Gasteiger partial charge is 0.253 e. The summed E-state index contributed by atoms with van der Waals surface area (Å²) in [6.07, 6.45) is 0. The number of benzene rings is 2. The second-order valence-corrected chi connectivity index (χ2v) is 11.4. The van der Waals surface area contributed by atoms with Gasteiger partial charge in [0.25, 0.3) is 5.91 Å². The Morgan fingerprint density at radius 1 is 0.968 bits per heavy atom. The van der Waals surface area contributed by atoms with E-state index in [2.05, 4.69) is 27.3 Å². The molecule has 0 aliphatic carbocycles. The molecular weight excluding hydrogens is 432 g/mol. The molecule has 3 aliphatic rings. The molecule has 5 rings (SSSR count). The number of hydrogen-bond donors (Lipinski definition) is 1. The zero-order valence-corrected chi connectivity index (χ0v) is 18.6. The summed E-state index contributed by atoms with van der Waals surface area (Å²) in [4.78, 5) is 21.6. The number of carbonyl (C=O) groups excluding carboxylic acids is 1. The number of carbonyl (C=O) groups is 1. The van der Waals surface area contributed by atoms with E-state index in [1.165, 1.54) is 17.4 Å². The number of aliphatic imine (C=N–C) groups is 1. The quantitative estimate of drug-likeness (QED) is 0.764. The number of amides is 1. The van der Waals surface area contributed by atoms with Crippen LogP contribution in [0.1, 0.15) is 10.4 Å². The van der Waals surface area contributed by atoms with Gasteiger partial charge in [0.15, 0.2) is 15.0 Å². The summed E-state index contributed by atoms with van der Waals surface area (Å²) in [6, 6.07) is 17.6. The van der Waals surface area contributed by atoms with Crippen LogP contribution in [0.25, 0.3) is 0 Å². The third-order valence-corrected chi connectivity index (χ3v) is 9.03. The van der Waals surface area contributed by atoms with E-state index in [4.69, 9.17) is 0 Å². The number of nitrogens with one attached hydrogen (secondary N) is 1. The predicted molar refractivity (Wildman–Crippen MR) is 126 cm³/mol. The SMILES string of the molecule is O=C(c1ccc(NC2=N[C@H]3CS(=O)(=O)C[C@H]3S2)cc1)N1CCN(c2ccccc2)CC1. The molecule has 7 nitrogen and oxygen atoms in total. The van der Waals surface area contributed by atoms with Crippen LogP contribution in [0.3, 0.4) is 0 Å². The average Bonchev–Trinajstić information content (AvgIpc) is 3.27. The number of hydrogen-bond acceptors (Lipinski definition) is 7. The molecular formula is C22H24N4O3S2. The lowest BCUT2D eigenvalue weighted by atomic mass is 10.1. The first-order valence-electron chi connectivity index (χ1n) is 10.4. The highest BCUT2D eigenvalue weighted by molar-refractivity contribution is 8.15. The molecule has 3 heterocycles. The van der Waals surface area contributed by atoms with Crippen molar-refractivity contribution in [1.82, 2.24) is 4.90 Å². The summed E-state index contributed by atoms with van der Waals surface area (Å²) >= 11 is 1.49. The largest absolute Gasteiger partial charge is 0.368 e. The van der Waals surface area contributed by atoms with Gasteiger partial charge < -0.3 is 15.1 Å². The lowest BCUT2D eigenvalue weighted by Crippen LogP contribution is -2.48. The summed E-state index contributed by atoms with van der Waals surface area (Å²) in [7, 11) is -2.95. The van der Waals surface area contributed by atoms with Crippen LogP contribution < -0.4 is 10.2 Å². The summed E-state index contributed by atoms with van der Waals surface area (Å²) in [5.74, 6) is 0.384. The average molecular weight is 457 g/mol. The molecule has 0 radical (unpaired) electrons. The maximum atomic E-state index is 12.9. The van der Waals surface area contributed by atoms with Gasteiger partial charge in [0, 0.05) is 48.4 Å². The highest BCUT2D eigenvalue weighted by Gasteiger charge is 2.42. The summed E-state index contributed by atoms with van der Waals surface area (Å²) in [6.45, 7) is 3.05. The van der Waals surface area contributed by atoms with Crippen LogP contribution in [0.2, 0.25) is 0 Å². The van der Waals surface area contributed by atoms with Crippen molar-refractivity contribution in [3.8, 4) is 0 Å². The molecule has 162 valence electrons. The molecule has 2 fully saturated rings. The zero-order valence-electron chi connectivity index (χ0n) is 17.0. The lowest BCUT2D eigenvalue weighted by Gasteiger charge is -2.36. The number of anilines is 2. The molecule has 3 aliphatic heterocycles. The number of fused-ring (bicyclic) bond motifs is 1. The fraction of sp³-hybridized carbons (Fsp3) is 0.364. The van der Waals surface area contributed by atoms with Crippen LogP contribution in [0, 0.1) is 0 Å². The van der Waals surface area contributed by atoms with Gasteiger partial charge in [-0.1, -0.05) is 30.0 Å². The van der Waals surface area contributed by atoms with E-state index in [0.717, 1.165) is 23.9 Å². The molecule has 31 heavy (non-hydrogen) atoms. The van der Waals surface area contributed by atoms with Gasteiger partial charge in [-0.15, -0.1) is 0 Å². The number of amidine groups is 1. The molecule has 2 atom stereocenters. The molecule has 2 aromatic carbocycles.